The van der Waals surface area contributed by atoms with Crippen LogP contribution in [0.4, 0.5) is 0 Å². The third-order valence-corrected chi connectivity index (χ3v) is 3.96. The number of nitrogens with two attached hydrogens (primary N) is 1. The average molecular weight is 283 g/mol. The Morgan fingerprint density at radius 2 is 1.90 bits per heavy atom. The zero-order chi connectivity index (χ0) is 15.1. The van der Waals surface area contributed by atoms with Crippen molar-refractivity contribution in [2.24, 2.45) is 11.7 Å². The van der Waals surface area contributed by atoms with E-state index in [1.807, 2.05) is 25.7 Å². The van der Waals surface area contributed by atoms with Crippen molar-refractivity contribution < 1.29 is 9.59 Å². The molecule has 1 saturated heterocycles. The van der Waals surface area contributed by atoms with E-state index >= 15 is 0 Å². The molecule has 0 spiro atoms. The molecule has 3 N–H and O–H groups in total. The van der Waals surface area contributed by atoms with Crippen LogP contribution in [0.25, 0.3) is 0 Å². The fourth-order valence-electron chi connectivity index (χ4n) is 2.37. The van der Waals surface area contributed by atoms with E-state index in [4.69, 9.17) is 5.73 Å². The van der Waals surface area contributed by atoms with Gasteiger partial charge in [-0.05, 0) is 25.2 Å². The summed E-state index contributed by atoms with van der Waals surface area (Å²) in [6.07, 6.45) is 3.57. The van der Waals surface area contributed by atoms with Crippen LogP contribution >= 0.6 is 0 Å². The van der Waals surface area contributed by atoms with Crippen molar-refractivity contribution in [1.82, 2.24) is 10.2 Å². The third-order valence-electron chi connectivity index (χ3n) is 3.96. The van der Waals surface area contributed by atoms with E-state index in [9.17, 15) is 9.59 Å². The van der Waals surface area contributed by atoms with Crippen LogP contribution in [0.2, 0.25) is 0 Å². The van der Waals surface area contributed by atoms with Crippen molar-refractivity contribution in [2.45, 2.75) is 65.0 Å². The van der Waals surface area contributed by atoms with E-state index in [2.05, 4.69) is 5.32 Å². The van der Waals surface area contributed by atoms with E-state index < -0.39 is 0 Å². The van der Waals surface area contributed by atoms with Crippen LogP contribution in [0.15, 0.2) is 0 Å². The second kappa shape index (κ2) is 8.25. The molecule has 0 bridgehead atoms. The highest BCUT2D eigenvalue weighted by Crippen LogP contribution is 2.13. The number of carbonyl (C=O) groups is 2. The summed E-state index contributed by atoms with van der Waals surface area (Å²) in [6.45, 7) is 7.52. The van der Waals surface area contributed by atoms with Crippen LogP contribution in [0.5, 0.6) is 0 Å². The Morgan fingerprint density at radius 3 is 2.40 bits per heavy atom. The van der Waals surface area contributed by atoms with Crippen molar-refractivity contribution in [3.63, 3.8) is 0 Å². The fraction of sp³-hybridized carbons (Fsp3) is 0.867. The van der Waals surface area contributed by atoms with E-state index in [1.165, 1.54) is 0 Å². The molecule has 0 aromatic heterocycles. The van der Waals surface area contributed by atoms with Crippen molar-refractivity contribution in [2.75, 3.05) is 13.1 Å². The van der Waals surface area contributed by atoms with Gasteiger partial charge in [0.15, 0.2) is 0 Å². The van der Waals surface area contributed by atoms with Crippen LogP contribution in [0, 0.1) is 5.92 Å². The number of hydrogen-bond donors (Lipinski definition) is 2. The largest absolute Gasteiger partial charge is 0.353 e. The second-order valence-electron chi connectivity index (χ2n) is 6.08. The topological polar surface area (TPSA) is 75.4 Å². The van der Waals surface area contributed by atoms with Crippen LogP contribution in [0.1, 0.15) is 52.9 Å². The first-order valence-electron chi connectivity index (χ1n) is 7.76. The minimum absolute atomic E-state index is 0.0653. The van der Waals surface area contributed by atoms with Gasteiger partial charge >= 0.3 is 0 Å². The molecule has 0 aromatic rings. The molecule has 5 nitrogen and oxygen atoms in total. The lowest BCUT2D eigenvalue weighted by Gasteiger charge is -2.33. The van der Waals surface area contributed by atoms with Crippen molar-refractivity contribution in [1.29, 1.82) is 0 Å². The summed E-state index contributed by atoms with van der Waals surface area (Å²) in [5.41, 5.74) is 5.95. The first kappa shape index (κ1) is 17.0. The molecular formula is C15H29N3O2. The molecule has 1 heterocycles. The summed E-state index contributed by atoms with van der Waals surface area (Å²) in [6, 6.07) is 0.154. The minimum Gasteiger partial charge on any atom is -0.353 e. The number of rotatable bonds is 6. The minimum atomic E-state index is -0.0653. The standard InChI is InChI=1S/C15H29N3O2/c1-4-5-14(19)17-12-6-8-18(9-7-12)15(20)10-13(16)11(2)3/h11-13H,4-10,16H2,1-3H3,(H,17,19). The summed E-state index contributed by atoms with van der Waals surface area (Å²) in [4.78, 5) is 25.5. The molecule has 5 heteroatoms. The van der Waals surface area contributed by atoms with E-state index in [-0.39, 0.29) is 23.9 Å². The maximum Gasteiger partial charge on any atom is 0.224 e. The Morgan fingerprint density at radius 1 is 1.30 bits per heavy atom. The highest BCUT2D eigenvalue weighted by atomic mass is 16.2. The SMILES string of the molecule is CCCC(=O)NC1CCN(C(=O)CC(N)C(C)C)CC1. The molecule has 116 valence electrons. The van der Waals surface area contributed by atoms with Crippen molar-refractivity contribution >= 4 is 11.8 Å². The average Bonchev–Trinajstić information content (AvgIpc) is 2.39. The molecule has 1 atom stereocenters. The van der Waals surface area contributed by atoms with Crippen molar-refractivity contribution in [3.05, 3.63) is 0 Å². The van der Waals surface area contributed by atoms with Gasteiger partial charge < -0.3 is 16.0 Å². The van der Waals surface area contributed by atoms with Gasteiger partial charge in [-0.25, -0.2) is 0 Å². The number of carbonyl (C=O) groups excluding carboxylic acids is 2. The molecule has 0 aliphatic carbocycles. The molecule has 20 heavy (non-hydrogen) atoms. The Balaban J connectivity index is 2.31. The molecule has 0 aromatic carbocycles. The van der Waals surface area contributed by atoms with Gasteiger partial charge in [-0.1, -0.05) is 20.8 Å². The Bertz CT molecular complexity index is 323. The van der Waals surface area contributed by atoms with Gasteiger partial charge in [0.2, 0.25) is 11.8 Å². The van der Waals surface area contributed by atoms with Crippen LogP contribution in [-0.2, 0) is 9.59 Å². The lowest BCUT2D eigenvalue weighted by Crippen LogP contribution is -2.47. The molecule has 1 unspecified atom stereocenters. The number of piperidine rings is 1. The molecule has 1 aliphatic heterocycles. The van der Waals surface area contributed by atoms with Crippen molar-refractivity contribution in [3.8, 4) is 0 Å². The van der Waals surface area contributed by atoms with Gasteiger partial charge in [0.1, 0.15) is 0 Å². The normalized spacial score (nSPS) is 18.1. The summed E-state index contributed by atoms with van der Waals surface area (Å²) >= 11 is 0. The lowest BCUT2D eigenvalue weighted by molar-refractivity contribution is -0.133. The van der Waals surface area contributed by atoms with E-state index in [1.54, 1.807) is 0 Å². The number of hydrogen-bond acceptors (Lipinski definition) is 3. The van der Waals surface area contributed by atoms with Gasteiger partial charge in [-0.3, -0.25) is 9.59 Å². The van der Waals surface area contributed by atoms with Crippen LogP contribution in [0.3, 0.4) is 0 Å². The summed E-state index contributed by atoms with van der Waals surface area (Å²) in [5.74, 6) is 0.591. The smallest absolute Gasteiger partial charge is 0.224 e. The molecule has 0 saturated carbocycles. The Kier molecular flexibility index (Phi) is 6.99. The molecule has 1 rings (SSSR count). The number of likely N-dealkylation sites (tertiary alicyclic amines) is 1. The zero-order valence-corrected chi connectivity index (χ0v) is 13.0. The Labute approximate surface area is 122 Å². The molecule has 2 amide bonds. The highest BCUT2D eigenvalue weighted by Gasteiger charge is 2.25. The van der Waals surface area contributed by atoms with Gasteiger partial charge in [0, 0.05) is 38.0 Å². The van der Waals surface area contributed by atoms with Gasteiger partial charge in [-0.15, -0.1) is 0 Å². The van der Waals surface area contributed by atoms with Gasteiger partial charge in [0.05, 0.1) is 0 Å². The van der Waals surface area contributed by atoms with Crippen LogP contribution < -0.4 is 11.1 Å². The van der Waals surface area contributed by atoms with E-state index in [0.717, 1.165) is 32.4 Å². The monoisotopic (exact) mass is 283 g/mol. The van der Waals surface area contributed by atoms with Crippen LogP contribution in [-0.4, -0.2) is 41.9 Å². The summed E-state index contributed by atoms with van der Waals surface area (Å²) < 4.78 is 0. The number of nitrogens with one attached hydrogen (secondary N) is 1. The van der Waals surface area contributed by atoms with Gasteiger partial charge in [0.25, 0.3) is 0 Å². The highest BCUT2D eigenvalue weighted by molar-refractivity contribution is 5.77. The molecule has 1 aliphatic rings. The Hall–Kier alpha value is -1.10. The maximum atomic E-state index is 12.1. The zero-order valence-electron chi connectivity index (χ0n) is 13.0. The number of nitrogens with zero attached hydrogens (tertiary/aromatic N) is 1. The quantitative estimate of drug-likeness (QED) is 0.770. The first-order valence-corrected chi connectivity index (χ1v) is 7.76. The van der Waals surface area contributed by atoms with Gasteiger partial charge in [-0.2, -0.15) is 0 Å². The second-order valence-corrected chi connectivity index (χ2v) is 6.08. The molecule has 0 radical (unpaired) electrons. The molecule has 1 fully saturated rings. The predicted octanol–water partition coefficient (Wildman–Crippen LogP) is 1.27. The maximum absolute atomic E-state index is 12.1. The summed E-state index contributed by atoms with van der Waals surface area (Å²) in [7, 11) is 0. The fourth-order valence-corrected chi connectivity index (χ4v) is 2.37. The van der Waals surface area contributed by atoms with E-state index in [0.29, 0.717) is 18.8 Å². The molecular weight excluding hydrogens is 254 g/mol. The summed E-state index contributed by atoms with van der Waals surface area (Å²) in [5, 5.41) is 3.04. The first-order chi connectivity index (χ1) is 9.43. The lowest BCUT2D eigenvalue weighted by atomic mass is 9.99. The third kappa shape index (κ3) is 5.49. The number of amides is 2. The predicted molar refractivity (Wildman–Crippen MR) is 80.1 cm³/mol.